The van der Waals surface area contributed by atoms with E-state index < -0.39 is 6.36 Å². The number of nitrogens with one attached hydrogen (secondary N) is 1. The molecule has 0 amide bonds. The minimum Gasteiger partial charge on any atom is -0.406 e. The molecule has 2 aliphatic rings. The Morgan fingerprint density at radius 2 is 2.09 bits per heavy atom. The quantitative estimate of drug-likeness (QED) is 0.733. The highest BCUT2D eigenvalue weighted by molar-refractivity contribution is 7.08. The van der Waals surface area contributed by atoms with Crippen LogP contribution in [0.3, 0.4) is 0 Å². The van der Waals surface area contributed by atoms with Crippen molar-refractivity contribution in [1.82, 2.24) is 0 Å². The van der Waals surface area contributed by atoms with Crippen LogP contribution in [-0.2, 0) is 0 Å². The van der Waals surface area contributed by atoms with Crippen molar-refractivity contribution in [3.05, 3.63) is 58.3 Å². The average Bonchev–Trinajstić information content (AvgIpc) is 3.16. The first kappa shape index (κ1) is 14.6. The van der Waals surface area contributed by atoms with Gasteiger partial charge in [0.05, 0.1) is 6.04 Å². The number of anilines is 1. The maximum atomic E-state index is 12.4. The Morgan fingerprint density at radius 1 is 1.22 bits per heavy atom. The van der Waals surface area contributed by atoms with Crippen LogP contribution in [0.2, 0.25) is 0 Å². The third-order valence-electron chi connectivity index (χ3n) is 4.47. The fraction of sp³-hybridized carbons (Fsp3) is 0.294. The molecule has 1 aliphatic carbocycles. The Labute approximate surface area is 135 Å². The number of thiophene rings is 1. The highest BCUT2D eigenvalue weighted by Gasteiger charge is 2.39. The number of allylic oxidation sites excluding steroid dienone is 2. The van der Waals surface area contributed by atoms with Crippen LogP contribution in [0.15, 0.2) is 47.2 Å². The lowest BCUT2D eigenvalue weighted by atomic mass is 9.77. The summed E-state index contributed by atoms with van der Waals surface area (Å²) in [4.78, 5) is 0. The predicted octanol–water partition coefficient (Wildman–Crippen LogP) is 5.47. The van der Waals surface area contributed by atoms with Crippen molar-refractivity contribution >= 4 is 17.0 Å². The molecule has 1 aromatic heterocycles. The van der Waals surface area contributed by atoms with E-state index in [1.807, 2.05) is 5.38 Å². The fourth-order valence-electron chi connectivity index (χ4n) is 3.55. The van der Waals surface area contributed by atoms with E-state index in [4.69, 9.17) is 0 Å². The van der Waals surface area contributed by atoms with Crippen LogP contribution in [0.25, 0.3) is 0 Å². The average molecular weight is 337 g/mol. The van der Waals surface area contributed by atoms with Gasteiger partial charge in [0.2, 0.25) is 0 Å². The molecule has 0 radical (unpaired) electrons. The molecule has 0 spiro atoms. The molecule has 6 heteroatoms. The molecule has 23 heavy (non-hydrogen) atoms. The Hall–Kier alpha value is -1.95. The van der Waals surface area contributed by atoms with Gasteiger partial charge >= 0.3 is 6.36 Å². The number of hydrogen-bond donors (Lipinski definition) is 1. The Kier molecular flexibility index (Phi) is 3.37. The molecule has 4 rings (SSSR count). The second-order valence-electron chi connectivity index (χ2n) is 5.83. The summed E-state index contributed by atoms with van der Waals surface area (Å²) in [5.41, 5.74) is 2.98. The van der Waals surface area contributed by atoms with Crippen molar-refractivity contribution in [3.63, 3.8) is 0 Å². The van der Waals surface area contributed by atoms with Crippen molar-refractivity contribution in [3.8, 4) is 5.75 Å². The predicted molar refractivity (Wildman–Crippen MR) is 83.8 cm³/mol. The number of hydrogen-bond acceptors (Lipinski definition) is 3. The summed E-state index contributed by atoms with van der Waals surface area (Å²) in [6.07, 6.45) is 0.465. The molecule has 2 heterocycles. The molecule has 3 unspecified atom stereocenters. The van der Waals surface area contributed by atoms with Gasteiger partial charge in [0.25, 0.3) is 0 Å². The third-order valence-corrected chi connectivity index (χ3v) is 5.17. The van der Waals surface area contributed by atoms with E-state index in [0.29, 0.717) is 5.92 Å². The molecule has 0 bridgehead atoms. The standard InChI is InChI=1S/C17H14F3NOS/c18-17(19,20)22-11-4-5-15-14(8-11)12-2-1-3-13(12)16(21-15)10-6-7-23-9-10/h1-2,4-9,12-13,16,21H,3H2. The summed E-state index contributed by atoms with van der Waals surface area (Å²) in [6.45, 7) is 0. The highest BCUT2D eigenvalue weighted by atomic mass is 32.1. The van der Waals surface area contributed by atoms with Crippen molar-refractivity contribution in [2.75, 3.05) is 5.32 Å². The second-order valence-corrected chi connectivity index (χ2v) is 6.61. The van der Waals surface area contributed by atoms with Crippen molar-refractivity contribution in [2.24, 2.45) is 5.92 Å². The van der Waals surface area contributed by atoms with Crippen LogP contribution >= 0.6 is 11.3 Å². The summed E-state index contributed by atoms with van der Waals surface area (Å²) < 4.78 is 41.4. The topological polar surface area (TPSA) is 21.3 Å². The molecule has 0 saturated heterocycles. The lowest BCUT2D eigenvalue weighted by Gasteiger charge is -2.37. The van der Waals surface area contributed by atoms with Gasteiger partial charge in [-0.15, -0.1) is 13.2 Å². The summed E-state index contributed by atoms with van der Waals surface area (Å²) in [6, 6.07) is 6.83. The van der Waals surface area contributed by atoms with Gasteiger partial charge in [0.1, 0.15) is 5.75 Å². The van der Waals surface area contributed by atoms with E-state index in [1.165, 1.54) is 17.7 Å². The zero-order chi connectivity index (χ0) is 16.0. The van der Waals surface area contributed by atoms with Gasteiger partial charge < -0.3 is 10.1 Å². The largest absolute Gasteiger partial charge is 0.573 e. The second kappa shape index (κ2) is 5.30. The smallest absolute Gasteiger partial charge is 0.406 e. The summed E-state index contributed by atoms with van der Waals surface area (Å²) in [5, 5.41) is 7.66. The summed E-state index contributed by atoms with van der Waals surface area (Å²) in [7, 11) is 0. The molecule has 2 aromatic rings. The summed E-state index contributed by atoms with van der Waals surface area (Å²) >= 11 is 1.65. The molecular weight excluding hydrogens is 323 g/mol. The first-order valence-corrected chi connectivity index (χ1v) is 8.30. The van der Waals surface area contributed by atoms with Gasteiger partial charge in [-0.2, -0.15) is 11.3 Å². The minimum atomic E-state index is -4.67. The molecule has 1 aromatic carbocycles. The maximum Gasteiger partial charge on any atom is 0.573 e. The highest BCUT2D eigenvalue weighted by Crippen LogP contribution is 2.50. The number of fused-ring (bicyclic) bond motifs is 3. The molecule has 0 fully saturated rings. The molecule has 1 N–H and O–H groups in total. The fourth-order valence-corrected chi connectivity index (χ4v) is 4.25. The molecule has 120 valence electrons. The van der Waals surface area contributed by atoms with Gasteiger partial charge in [-0.05, 0) is 58.5 Å². The molecular formula is C17H14F3NOS. The minimum absolute atomic E-state index is 0.118. The Morgan fingerprint density at radius 3 is 2.83 bits per heavy atom. The molecule has 0 saturated carbocycles. The van der Waals surface area contributed by atoms with E-state index in [1.54, 1.807) is 17.4 Å². The Balaban J connectivity index is 1.71. The zero-order valence-corrected chi connectivity index (χ0v) is 12.8. The van der Waals surface area contributed by atoms with Crippen molar-refractivity contribution < 1.29 is 17.9 Å². The van der Waals surface area contributed by atoms with Gasteiger partial charge in [0.15, 0.2) is 0 Å². The molecule has 3 atom stereocenters. The van der Waals surface area contributed by atoms with Crippen LogP contribution < -0.4 is 10.1 Å². The number of rotatable bonds is 2. The number of benzene rings is 1. The van der Waals surface area contributed by atoms with Gasteiger partial charge in [-0.1, -0.05) is 12.2 Å². The first-order valence-electron chi connectivity index (χ1n) is 7.36. The van der Waals surface area contributed by atoms with E-state index in [9.17, 15) is 13.2 Å². The SMILES string of the molecule is FC(F)(F)Oc1ccc2c(c1)C1C=CCC1C(c1ccsc1)N2. The Bertz CT molecular complexity index is 739. The van der Waals surface area contributed by atoms with E-state index in [0.717, 1.165) is 17.7 Å². The van der Waals surface area contributed by atoms with Crippen molar-refractivity contribution in [2.45, 2.75) is 24.7 Å². The third kappa shape index (κ3) is 2.72. The molecule has 2 nitrogen and oxygen atoms in total. The van der Waals surface area contributed by atoms with Crippen LogP contribution in [0, 0.1) is 5.92 Å². The number of halogens is 3. The van der Waals surface area contributed by atoms with Crippen LogP contribution in [0.4, 0.5) is 18.9 Å². The maximum absolute atomic E-state index is 12.4. The van der Waals surface area contributed by atoms with Gasteiger partial charge in [-0.3, -0.25) is 0 Å². The number of alkyl halides is 3. The first-order chi connectivity index (χ1) is 11.0. The van der Waals surface area contributed by atoms with Crippen LogP contribution in [-0.4, -0.2) is 6.36 Å². The lowest BCUT2D eigenvalue weighted by Crippen LogP contribution is -2.29. The van der Waals surface area contributed by atoms with E-state index in [-0.39, 0.29) is 17.7 Å². The number of ether oxygens (including phenoxy) is 1. The monoisotopic (exact) mass is 337 g/mol. The lowest BCUT2D eigenvalue weighted by molar-refractivity contribution is -0.274. The van der Waals surface area contributed by atoms with Crippen LogP contribution in [0.5, 0.6) is 5.75 Å². The molecule has 1 aliphatic heterocycles. The summed E-state index contributed by atoms with van der Waals surface area (Å²) in [5.74, 6) is 0.275. The van der Waals surface area contributed by atoms with Crippen molar-refractivity contribution in [1.29, 1.82) is 0 Å². The zero-order valence-electron chi connectivity index (χ0n) is 12.0. The van der Waals surface area contributed by atoms with Crippen LogP contribution in [0.1, 0.15) is 29.5 Å². The van der Waals surface area contributed by atoms with Gasteiger partial charge in [0, 0.05) is 11.6 Å². The van der Waals surface area contributed by atoms with Gasteiger partial charge in [-0.25, -0.2) is 0 Å². The van der Waals surface area contributed by atoms with E-state index >= 15 is 0 Å². The normalized spacial score (nSPS) is 25.6. The van der Waals surface area contributed by atoms with E-state index in [2.05, 4.69) is 33.7 Å².